The third-order valence-corrected chi connectivity index (χ3v) is 1.61. The molecule has 0 saturated carbocycles. The number of ether oxygens (including phenoxy) is 1. The maximum Gasteiger partial charge on any atom is 0.406 e. The van der Waals surface area contributed by atoms with Crippen LogP contribution in [-0.2, 0) is 11.3 Å². The number of aryl methyl sites for hydroxylation is 1. The number of hydrogen-bond donors (Lipinski definition) is 1. The molecule has 0 spiro atoms. The van der Waals surface area contributed by atoms with E-state index in [0.717, 1.165) is 13.0 Å². The summed E-state index contributed by atoms with van der Waals surface area (Å²) in [6, 6.07) is 0. The van der Waals surface area contributed by atoms with E-state index in [4.69, 9.17) is 0 Å². The molecular formula is C8H13N3O2. The molecule has 13 heavy (non-hydrogen) atoms. The van der Waals surface area contributed by atoms with E-state index in [1.165, 1.54) is 7.11 Å². The first-order chi connectivity index (χ1) is 6.33. The van der Waals surface area contributed by atoms with Gasteiger partial charge in [-0.25, -0.2) is 9.78 Å². The summed E-state index contributed by atoms with van der Waals surface area (Å²) in [7, 11) is 1.35. The lowest BCUT2D eigenvalue weighted by Crippen LogP contribution is -2.24. The smallest absolute Gasteiger partial charge is 0.406 e. The lowest BCUT2D eigenvalue weighted by molar-refractivity contribution is 0.171. The molecule has 0 aliphatic rings. The van der Waals surface area contributed by atoms with Gasteiger partial charge in [-0.05, 0) is 6.42 Å². The van der Waals surface area contributed by atoms with Crippen molar-refractivity contribution in [3.05, 3.63) is 18.7 Å². The molecule has 5 heteroatoms. The van der Waals surface area contributed by atoms with Crippen LogP contribution in [0.25, 0.3) is 0 Å². The molecule has 1 aromatic heterocycles. The normalized spacial score (nSPS) is 9.62. The van der Waals surface area contributed by atoms with Crippen LogP contribution in [0.1, 0.15) is 6.42 Å². The zero-order chi connectivity index (χ0) is 9.52. The van der Waals surface area contributed by atoms with Crippen molar-refractivity contribution in [1.82, 2.24) is 14.9 Å². The van der Waals surface area contributed by atoms with E-state index in [-0.39, 0.29) is 6.09 Å². The summed E-state index contributed by atoms with van der Waals surface area (Å²) in [5, 5.41) is 2.60. The maximum atomic E-state index is 10.6. The summed E-state index contributed by atoms with van der Waals surface area (Å²) in [4.78, 5) is 14.5. The summed E-state index contributed by atoms with van der Waals surface area (Å²) in [5.74, 6) is 0. The molecule has 0 radical (unpaired) electrons. The van der Waals surface area contributed by atoms with Gasteiger partial charge in [0.15, 0.2) is 0 Å². The van der Waals surface area contributed by atoms with E-state index < -0.39 is 0 Å². The molecule has 1 heterocycles. The highest BCUT2D eigenvalue weighted by Gasteiger charge is 1.96. The third kappa shape index (κ3) is 3.59. The Morgan fingerprint density at radius 2 is 2.54 bits per heavy atom. The van der Waals surface area contributed by atoms with Gasteiger partial charge >= 0.3 is 6.09 Å². The van der Waals surface area contributed by atoms with Crippen molar-refractivity contribution >= 4 is 6.09 Å². The van der Waals surface area contributed by atoms with Crippen LogP contribution in [0.3, 0.4) is 0 Å². The highest BCUT2D eigenvalue weighted by Crippen LogP contribution is 1.88. The van der Waals surface area contributed by atoms with Crippen molar-refractivity contribution in [2.75, 3.05) is 13.7 Å². The van der Waals surface area contributed by atoms with E-state index in [1.54, 1.807) is 12.5 Å². The Bertz CT molecular complexity index is 246. The number of alkyl carbamates (subject to hydrolysis) is 1. The second kappa shape index (κ2) is 5.18. The van der Waals surface area contributed by atoms with Gasteiger partial charge in [-0.3, -0.25) is 0 Å². The van der Waals surface area contributed by atoms with Gasteiger partial charge in [0, 0.05) is 25.5 Å². The Hall–Kier alpha value is -1.52. The zero-order valence-electron chi connectivity index (χ0n) is 7.56. The van der Waals surface area contributed by atoms with Gasteiger partial charge in [0.05, 0.1) is 13.4 Å². The summed E-state index contributed by atoms with van der Waals surface area (Å²) in [6.45, 7) is 1.47. The van der Waals surface area contributed by atoms with Gasteiger partial charge in [-0.2, -0.15) is 0 Å². The molecule has 0 aliphatic heterocycles. The van der Waals surface area contributed by atoms with Gasteiger partial charge in [0.2, 0.25) is 0 Å². The third-order valence-electron chi connectivity index (χ3n) is 1.61. The average molecular weight is 183 g/mol. The molecule has 0 fully saturated rings. The predicted molar refractivity (Wildman–Crippen MR) is 47.3 cm³/mol. The average Bonchev–Trinajstić information content (AvgIpc) is 2.64. The molecule has 0 aromatic carbocycles. The molecule has 0 aliphatic carbocycles. The second-order valence-corrected chi connectivity index (χ2v) is 2.57. The highest BCUT2D eigenvalue weighted by atomic mass is 16.5. The molecule has 0 unspecified atom stereocenters. The van der Waals surface area contributed by atoms with Crippen molar-refractivity contribution in [3.8, 4) is 0 Å². The number of methoxy groups -OCH3 is 1. The Balaban J connectivity index is 2.05. The topological polar surface area (TPSA) is 56.1 Å². The first-order valence-corrected chi connectivity index (χ1v) is 4.10. The van der Waals surface area contributed by atoms with Crippen LogP contribution in [0, 0.1) is 0 Å². The predicted octanol–water partition coefficient (Wildman–Crippen LogP) is 0.629. The van der Waals surface area contributed by atoms with Crippen LogP contribution in [0.15, 0.2) is 18.7 Å². The summed E-state index contributed by atoms with van der Waals surface area (Å²) >= 11 is 0. The van der Waals surface area contributed by atoms with Crippen LogP contribution >= 0.6 is 0 Å². The molecule has 0 saturated heterocycles. The van der Waals surface area contributed by atoms with Gasteiger partial charge in [-0.1, -0.05) is 0 Å². The molecule has 0 bridgehead atoms. The SMILES string of the molecule is COC(=O)NCCCn1ccnc1. The van der Waals surface area contributed by atoms with E-state index in [0.29, 0.717) is 6.54 Å². The zero-order valence-corrected chi connectivity index (χ0v) is 7.56. The molecule has 5 nitrogen and oxygen atoms in total. The van der Waals surface area contributed by atoms with E-state index in [2.05, 4.69) is 15.0 Å². The minimum Gasteiger partial charge on any atom is -0.453 e. The van der Waals surface area contributed by atoms with Crippen molar-refractivity contribution in [1.29, 1.82) is 0 Å². The highest BCUT2D eigenvalue weighted by molar-refractivity contribution is 5.66. The Kier molecular flexibility index (Phi) is 3.81. The quantitative estimate of drug-likeness (QED) is 0.696. The minimum absolute atomic E-state index is 0.384. The lowest BCUT2D eigenvalue weighted by atomic mass is 10.4. The summed E-state index contributed by atoms with van der Waals surface area (Å²) < 4.78 is 6.38. The first kappa shape index (κ1) is 9.57. The number of amides is 1. The van der Waals surface area contributed by atoms with E-state index in [9.17, 15) is 4.79 Å². The number of aromatic nitrogens is 2. The number of rotatable bonds is 4. The van der Waals surface area contributed by atoms with E-state index >= 15 is 0 Å². The minimum atomic E-state index is -0.384. The summed E-state index contributed by atoms with van der Waals surface area (Å²) in [6.07, 6.45) is 5.85. The molecule has 1 amide bonds. The monoisotopic (exact) mass is 183 g/mol. The first-order valence-electron chi connectivity index (χ1n) is 4.10. The Morgan fingerprint density at radius 3 is 3.15 bits per heavy atom. The van der Waals surface area contributed by atoms with Crippen LogP contribution in [-0.4, -0.2) is 29.3 Å². The molecule has 1 aromatic rings. The molecule has 1 rings (SSSR count). The lowest BCUT2D eigenvalue weighted by Gasteiger charge is -2.03. The fourth-order valence-corrected chi connectivity index (χ4v) is 0.943. The van der Waals surface area contributed by atoms with Crippen LogP contribution in [0.2, 0.25) is 0 Å². The van der Waals surface area contributed by atoms with Crippen molar-refractivity contribution in [3.63, 3.8) is 0 Å². The number of nitrogens with one attached hydrogen (secondary N) is 1. The number of carbonyl (C=O) groups excluding carboxylic acids is 1. The Morgan fingerprint density at radius 1 is 1.69 bits per heavy atom. The second-order valence-electron chi connectivity index (χ2n) is 2.57. The van der Waals surface area contributed by atoms with Crippen molar-refractivity contribution < 1.29 is 9.53 Å². The summed E-state index contributed by atoms with van der Waals surface area (Å²) in [5.41, 5.74) is 0. The maximum absolute atomic E-state index is 10.6. The van der Waals surface area contributed by atoms with Gasteiger partial charge in [0.25, 0.3) is 0 Å². The molecule has 0 atom stereocenters. The van der Waals surface area contributed by atoms with Gasteiger partial charge < -0.3 is 14.6 Å². The largest absolute Gasteiger partial charge is 0.453 e. The van der Waals surface area contributed by atoms with E-state index in [1.807, 2.05) is 10.8 Å². The van der Waals surface area contributed by atoms with Crippen molar-refractivity contribution in [2.24, 2.45) is 0 Å². The Labute approximate surface area is 76.7 Å². The molecule has 1 N–H and O–H groups in total. The van der Waals surface area contributed by atoms with Gasteiger partial charge in [0.1, 0.15) is 0 Å². The van der Waals surface area contributed by atoms with Gasteiger partial charge in [-0.15, -0.1) is 0 Å². The number of imidazole rings is 1. The van der Waals surface area contributed by atoms with Crippen LogP contribution in [0.5, 0.6) is 0 Å². The molecule has 72 valence electrons. The number of nitrogens with zero attached hydrogens (tertiary/aromatic N) is 2. The number of hydrogen-bond acceptors (Lipinski definition) is 3. The van der Waals surface area contributed by atoms with Crippen molar-refractivity contribution in [2.45, 2.75) is 13.0 Å². The number of carbonyl (C=O) groups is 1. The standard InChI is InChI=1S/C8H13N3O2/c1-13-8(12)10-3-2-5-11-6-4-9-7-11/h4,6-7H,2-3,5H2,1H3,(H,10,12). The van der Waals surface area contributed by atoms with Crippen LogP contribution < -0.4 is 5.32 Å². The van der Waals surface area contributed by atoms with Crippen LogP contribution in [0.4, 0.5) is 4.79 Å². The molecular weight excluding hydrogens is 170 g/mol. The fraction of sp³-hybridized carbons (Fsp3) is 0.500. The fourth-order valence-electron chi connectivity index (χ4n) is 0.943.